The van der Waals surface area contributed by atoms with E-state index in [9.17, 15) is 4.79 Å². The van der Waals surface area contributed by atoms with Crippen LogP contribution >= 0.6 is 0 Å². The number of likely N-dealkylation sites (tertiary alicyclic amines) is 1. The van der Waals surface area contributed by atoms with Crippen LogP contribution in [-0.4, -0.2) is 46.4 Å². The zero-order chi connectivity index (χ0) is 18.6. The lowest BCUT2D eigenvalue weighted by atomic mass is 9.91. The highest BCUT2D eigenvalue weighted by Crippen LogP contribution is 2.24. The smallest absolute Gasteiger partial charge is 0.253 e. The number of rotatable bonds is 5. The quantitative estimate of drug-likeness (QED) is 0.753. The molecule has 6 heteroatoms. The molecular formula is C21H24N4O2. The molecule has 2 heterocycles. The number of H-pyrrole nitrogens is 1. The van der Waals surface area contributed by atoms with Gasteiger partial charge in [0.05, 0.1) is 7.11 Å². The molecule has 1 aromatic heterocycles. The lowest BCUT2D eigenvalue weighted by Crippen LogP contribution is -2.40. The number of aryl methyl sites for hydroxylation is 1. The van der Waals surface area contributed by atoms with Gasteiger partial charge >= 0.3 is 0 Å². The number of piperidine rings is 1. The molecule has 1 saturated heterocycles. The van der Waals surface area contributed by atoms with E-state index in [0.717, 1.165) is 49.1 Å². The van der Waals surface area contributed by atoms with Crippen molar-refractivity contribution in [2.24, 2.45) is 5.92 Å². The van der Waals surface area contributed by atoms with Crippen molar-refractivity contribution in [2.75, 3.05) is 20.2 Å². The van der Waals surface area contributed by atoms with Crippen LogP contribution in [-0.2, 0) is 6.42 Å². The van der Waals surface area contributed by atoms with Gasteiger partial charge in [-0.2, -0.15) is 15.4 Å². The maximum absolute atomic E-state index is 12.9. The summed E-state index contributed by atoms with van der Waals surface area (Å²) in [6, 6.07) is 13.8. The predicted octanol–water partition coefficient (Wildman–Crippen LogP) is 3.45. The van der Waals surface area contributed by atoms with Crippen LogP contribution in [0.15, 0.2) is 42.5 Å². The van der Waals surface area contributed by atoms with E-state index in [-0.39, 0.29) is 5.91 Å². The Labute approximate surface area is 158 Å². The molecule has 1 atom stereocenters. The first-order valence-electron chi connectivity index (χ1n) is 9.45. The second-order valence-corrected chi connectivity index (χ2v) is 7.17. The van der Waals surface area contributed by atoms with Crippen LogP contribution < -0.4 is 4.74 Å². The van der Waals surface area contributed by atoms with Crippen molar-refractivity contribution >= 4 is 16.9 Å². The molecule has 1 fully saturated rings. The van der Waals surface area contributed by atoms with E-state index < -0.39 is 0 Å². The van der Waals surface area contributed by atoms with E-state index >= 15 is 0 Å². The molecule has 0 aliphatic carbocycles. The Balaban J connectivity index is 1.37. The molecule has 1 amide bonds. The molecule has 3 aromatic rings. The molecule has 1 aliphatic rings. The molecule has 0 bridgehead atoms. The van der Waals surface area contributed by atoms with Crippen molar-refractivity contribution in [1.29, 1.82) is 0 Å². The van der Waals surface area contributed by atoms with Gasteiger partial charge in [-0.25, -0.2) is 0 Å². The van der Waals surface area contributed by atoms with Crippen LogP contribution in [0, 0.1) is 5.92 Å². The third kappa shape index (κ3) is 3.94. The van der Waals surface area contributed by atoms with E-state index in [0.29, 0.717) is 11.5 Å². The number of methoxy groups -OCH3 is 1. The van der Waals surface area contributed by atoms with E-state index in [1.54, 1.807) is 7.11 Å². The van der Waals surface area contributed by atoms with Gasteiger partial charge < -0.3 is 9.64 Å². The summed E-state index contributed by atoms with van der Waals surface area (Å²) in [6.07, 6.45) is 4.37. The van der Waals surface area contributed by atoms with Crippen LogP contribution in [0.3, 0.4) is 0 Å². The topological polar surface area (TPSA) is 71.1 Å². The Morgan fingerprint density at radius 3 is 2.81 bits per heavy atom. The van der Waals surface area contributed by atoms with E-state index in [2.05, 4.69) is 27.5 Å². The molecule has 0 spiro atoms. The van der Waals surface area contributed by atoms with Gasteiger partial charge in [0, 0.05) is 18.7 Å². The molecule has 140 valence electrons. The summed E-state index contributed by atoms with van der Waals surface area (Å²) in [7, 11) is 1.68. The third-order valence-electron chi connectivity index (χ3n) is 5.37. The molecule has 0 saturated carbocycles. The number of nitrogens with one attached hydrogen (secondary N) is 1. The SMILES string of the molecule is COc1ccc(CC[C@H]2CCCN(C(=O)c3ccc4n[nH]nc4c3)C2)cc1. The molecule has 6 nitrogen and oxygen atoms in total. The fraction of sp³-hybridized carbons (Fsp3) is 0.381. The second kappa shape index (κ2) is 7.78. The standard InChI is InChI=1S/C21H24N4O2/c1-27-18-9-6-15(7-10-18)4-5-16-3-2-12-25(14-16)21(26)17-8-11-19-20(13-17)23-24-22-19/h6-11,13,16H,2-5,12,14H2,1H3,(H,22,23,24)/t16-/m1/s1. The van der Waals surface area contributed by atoms with Gasteiger partial charge in [-0.05, 0) is 67.5 Å². The largest absolute Gasteiger partial charge is 0.497 e. The number of carbonyl (C=O) groups is 1. The van der Waals surface area contributed by atoms with Gasteiger partial charge in [0.15, 0.2) is 0 Å². The summed E-state index contributed by atoms with van der Waals surface area (Å²) in [5.74, 6) is 1.52. The van der Waals surface area contributed by atoms with Crippen LogP contribution in [0.1, 0.15) is 35.2 Å². The number of hydrogen-bond donors (Lipinski definition) is 1. The molecule has 1 aliphatic heterocycles. The summed E-state index contributed by atoms with van der Waals surface area (Å²) >= 11 is 0. The fourth-order valence-electron chi connectivity index (χ4n) is 3.80. The first kappa shape index (κ1) is 17.5. The first-order chi connectivity index (χ1) is 13.2. The average molecular weight is 364 g/mol. The van der Waals surface area contributed by atoms with Crippen molar-refractivity contribution in [2.45, 2.75) is 25.7 Å². The Kier molecular flexibility index (Phi) is 5.05. The van der Waals surface area contributed by atoms with Crippen molar-refractivity contribution in [3.05, 3.63) is 53.6 Å². The van der Waals surface area contributed by atoms with Crippen LogP contribution in [0.2, 0.25) is 0 Å². The van der Waals surface area contributed by atoms with Gasteiger partial charge in [0.2, 0.25) is 0 Å². The summed E-state index contributed by atoms with van der Waals surface area (Å²) in [6.45, 7) is 1.65. The van der Waals surface area contributed by atoms with Gasteiger partial charge in [-0.3, -0.25) is 4.79 Å². The normalized spacial score (nSPS) is 17.2. The lowest BCUT2D eigenvalue weighted by molar-refractivity contribution is 0.0668. The van der Waals surface area contributed by atoms with Crippen LogP contribution in [0.25, 0.3) is 11.0 Å². The summed E-state index contributed by atoms with van der Waals surface area (Å²) < 4.78 is 5.21. The molecule has 1 N–H and O–H groups in total. The van der Waals surface area contributed by atoms with Gasteiger partial charge in [0.25, 0.3) is 5.91 Å². The van der Waals surface area contributed by atoms with Gasteiger partial charge in [0.1, 0.15) is 16.8 Å². The summed E-state index contributed by atoms with van der Waals surface area (Å²) in [5, 5.41) is 10.7. The number of amides is 1. The summed E-state index contributed by atoms with van der Waals surface area (Å²) in [5.41, 5.74) is 3.51. The van der Waals surface area contributed by atoms with Crippen molar-refractivity contribution in [3.8, 4) is 5.75 Å². The Hall–Kier alpha value is -2.89. The molecule has 2 aromatic carbocycles. The minimum absolute atomic E-state index is 0.0917. The van der Waals surface area contributed by atoms with E-state index in [4.69, 9.17) is 4.74 Å². The number of fused-ring (bicyclic) bond motifs is 1. The highest BCUT2D eigenvalue weighted by Gasteiger charge is 2.24. The minimum atomic E-state index is 0.0917. The number of nitrogens with zero attached hydrogens (tertiary/aromatic N) is 3. The Morgan fingerprint density at radius 1 is 1.19 bits per heavy atom. The molecule has 4 rings (SSSR count). The van der Waals surface area contributed by atoms with E-state index in [1.807, 2.05) is 35.2 Å². The highest BCUT2D eigenvalue weighted by molar-refractivity contribution is 5.97. The van der Waals surface area contributed by atoms with Gasteiger partial charge in [-0.1, -0.05) is 12.1 Å². The first-order valence-corrected chi connectivity index (χ1v) is 9.45. The number of aromatic nitrogens is 3. The van der Waals surface area contributed by atoms with Crippen molar-refractivity contribution in [1.82, 2.24) is 20.3 Å². The molecule has 0 radical (unpaired) electrons. The monoisotopic (exact) mass is 364 g/mol. The molecular weight excluding hydrogens is 340 g/mol. The number of ether oxygens (including phenoxy) is 1. The molecule has 27 heavy (non-hydrogen) atoms. The number of benzene rings is 2. The number of carbonyl (C=O) groups excluding carboxylic acids is 1. The number of hydrogen-bond acceptors (Lipinski definition) is 4. The van der Waals surface area contributed by atoms with Crippen LogP contribution in [0.4, 0.5) is 0 Å². The Bertz CT molecular complexity index is 919. The third-order valence-corrected chi connectivity index (χ3v) is 5.37. The minimum Gasteiger partial charge on any atom is -0.497 e. The second-order valence-electron chi connectivity index (χ2n) is 7.17. The lowest BCUT2D eigenvalue weighted by Gasteiger charge is -2.33. The highest BCUT2D eigenvalue weighted by atomic mass is 16.5. The maximum atomic E-state index is 12.9. The Morgan fingerprint density at radius 2 is 2.00 bits per heavy atom. The summed E-state index contributed by atoms with van der Waals surface area (Å²) in [4.78, 5) is 14.9. The fourth-order valence-corrected chi connectivity index (χ4v) is 3.80. The zero-order valence-electron chi connectivity index (χ0n) is 15.5. The number of aromatic amines is 1. The van der Waals surface area contributed by atoms with E-state index in [1.165, 1.54) is 12.0 Å². The van der Waals surface area contributed by atoms with Crippen molar-refractivity contribution < 1.29 is 9.53 Å². The van der Waals surface area contributed by atoms with Crippen LogP contribution in [0.5, 0.6) is 5.75 Å². The average Bonchev–Trinajstić information content (AvgIpc) is 3.20. The predicted molar refractivity (Wildman–Crippen MR) is 104 cm³/mol. The molecule has 0 unspecified atom stereocenters. The zero-order valence-corrected chi connectivity index (χ0v) is 15.5. The van der Waals surface area contributed by atoms with Gasteiger partial charge in [-0.15, -0.1) is 0 Å². The maximum Gasteiger partial charge on any atom is 0.253 e. The van der Waals surface area contributed by atoms with Crippen molar-refractivity contribution in [3.63, 3.8) is 0 Å².